The number of carbonyl (C=O) groups is 1. The lowest BCUT2D eigenvalue weighted by Gasteiger charge is -2.07. The SMILES string of the molecule is CCCNC(=O)c1ccc(CS(=O)(=O)c2nnc(Oc3cccc(C)c3C)s2)cc1. The molecule has 0 saturated carbocycles. The van der Waals surface area contributed by atoms with E-state index < -0.39 is 9.84 Å². The van der Waals surface area contributed by atoms with Crippen molar-refractivity contribution < 1.29 is 17.9 Å². The molecule has 0 unspecified atom stereocenters. The highest BCUT2D eigenvalue weighted by Gasteiger charge is 2.22. The first-order valence-electron chi connectivity index (χ1n) is 9.47. The Labute approximate surface area is 180 Å². The van der Waals surface area contributed by atoms with Gasteiger partial charge in [0.2, 0.25) is 14.2 Å². The van der Waals surface area contributed by atoms with Gasteiger partial charge in [0, 0.05) is 12.1 Å². The highest BCUT2D eigenvalue weighted by molar-refractivity contribution is 7.92. The first kappa shape index (κ1) is 21.9. The smallest absolute Gasteiger partial charge is 0.300 e. The third-order valence-electron chi connectivity index (χ3n) is 4.51. The molecule has 1 N–H and O–H groups in total. The van der Waals surface area contributed by atoms with Crippen molar-refractivity contribution in [3.63, 3.8) is 0 Å². The molecule has 0 aliphatic heterocycles. The second-order valence-electron chi connectivity index (χ2n) is 6.85. The van der Waals surface area contributed by atoms with Gasteiger partial charge in [-0.15, -0.1) is 5.10 Å². The molecule has 7 nitrogen and oxygen atoms in total. The van der Waals surface area contributed by atoms with Gasteiger partial charge in [-0.05, 0) is 66.5 Å². The summed E-state index contributed by atoms with van der Waals surface area (Å²) in [6.07, 6.45) is 0.846. The summed E-state index contributed by atoms with van der Waals surface area (Å²) < 4.78 is 31.1. The second kappa shape index (κ2) is 9.36. The molecule has 0 aliphatic carbocycles. The molecule has 0 radical (unpaired) electrons. The van der Waals surface area contributed by atoms with E-state index in [0.29, 0.717) is 23.4 Å². The number of nitrogens with zero attached hydrogens (tertiary/aromatic N) is 2. The normalized spacial score (nSPS) is 11.3. The molecule has 1 aromatic heterocycles. The summed E-state index contributed by atoms with van der Waals surface area (Å²) in [7, 11) is -3.69. The van der Waals surface area contributed by atoms with Crippen LogP contribution >= 0.6 is 11.3 Å². The fourth-order valence-electron chi connectivity index (χ4n) is 2.67. The lowest BCUT2D eigenvalue weighted by atomic mass is 10.1. The molecule has 30 heavy (non-hydrogen) atoms. The zero-order valence-electron chi connectivity index (χ0n) is 17.0. The molecule has 0 bridgehead atoms. The fraction of sp³-hybridized carbons (Fsp3) is 0.286. The van der Waals surface area contributed by atoms with Crippen LogP contribution in [-0.2, 0) is 15.6 Å². The number of hydrogen-bond donors (Lipinski definition) is 1. The maximum Gasteiger partial charge on any atom is 0.300 e. The summed E-state index contributed by atoms with van der Waals surface area (Å²) in [5, 5.41) is 10.6. The van der Waals surface area contributed by atoms with Crippen LogP contribution in [0.5, 0.6) is 10.9 Å². The summed E-state index contributed by atoms with van der Waals surface area (Å²) in [6, 6.07) is 12.1. The van der Waals surface area contributed by atoms with Gasteiger partial charge in [0.05, 0.1) is 5.75 Å². The minimum Gasteiger partial charge on any atom is -0.429 e. The lowest BCUT2D eigenvalue weighted by Crippen LogP contribution is -2.23. The maximum atomic E-state index is 12.7. The van der Waals surface area contributed by atoms with Gasteiger partial charge < -0.3 is 10.1 Å². The summed E-state index contributed by atoms with van der Waals surface area (Å²) in [5.74, 6) is 0.206. The van der Waals surface area contributed by atoms with E-state index >= 15 is 0 Å². The topological polar surface area (TPSA) is 98.2 Å². The van der Waals surface area contributed by atoms with Crippen LogP contribution in [0.2, 0.25) is 0 Å². The Morgan fingerprint density at radius 1 is 1.10 bits per heavy atom. The highest BCUT2D eigenvalue weighted by atomic mass is 32.2. The number of rotatable bonds is 8. The van der Waals surface area contributed by atoms with Gasteiger partial charge in [0.1, 0.15) is 5.75 Å². The van der Waals surface area contributed by atoms with Crippen molar-refractivity contribution in [3.05, 3.63) is 64.7 Å². The Balaban J connectivity index is 1.70. The van der Waals surface area contributed by atoms with E-state index in [1.54, 1.807) is 30.3 Å². The van der Waals surface area contributed by atoms with Crippen molar-refractivity contribution in [2.75, 3.05) is 6.54 Å². The largest absolute Gasteiger partial charge is 0.429 e. The molecule has 2 aromatic carbocycles. The molecule has 3 rings (SSSR count). The molecule has 3 aromatic rings. The third-order valence-corrected chi connectivity index (χ3v) is 7.45. The molecule has 0 aliphatic rings. The van der Waals surface area contributed by atoms with Crippen LogP contribution in [0.15, 0.2) is 46.8 Å². The van der Waals surface area contributed by atoms with Crippen LogP contribution in [0.3, 0.4) is 0 Å². The van der Waals surface area contributed by atoms with Crippen molar-refractivity contribution >= 4 is 27.1 Å². The van der Waals surface area contributed by atoms with Crippen molar-refractivity contribution in [2.24, 2.45) is 0 Å². The number of ether oxygens (including phenoxy) is 1. The Morgan fingerprint density at radius 3 is 2.53 bits per heavy atom. The van der Waals surface area contributed by atoms with Gasteiger partial charge >= 0.3 is 5.19 Å². The first-order valence-corrected chi connectivity index (χ1v) is 11.9. The average Bonchev–Trinajstić information content (AvgIpc) is 3.19. The summed E-state index contributed by atoms with van der Waals surface area (Å²) >= 11 is 0.889. The maximum absolute atomic E-state index is 12.7. The van der Waals surface area contributed by atoms with Crippen molar-refractivity contribution in [1.29, 1.82) is 0 Å². The van der Waals surface area contributed by atoms with Gasteiger partial charge in [0.15, 0.2) is 0 Å². The number of sulfone groups is 1. The fourth-order valence-corrected chi connectivity index (χ4v) is 4.93. The summed E-state index contributed by atoms with van der Waals surface area (Å²) in [5.41, 5.74) is 3.08. The third kappa shape index (κ3) is 5.22. The van der Waals surface area contributed by atoms with Crippen LogP contribution in [0.1, 0.15) is 40.4 Å². The molecule has 0 atom stereocenters. The Bertz CT molecular complexity index is 1140. The van der Waals surface area contributed by atoms with Gasteiger partial charge in [-0.3, -0.25) is 4.79 Å². The van der Waals surface area contributed by atoms with Crippen molar-refractivity contribution in [2.45, 2.75) is 37.3 Å². The Hall–Kier alpha value is -2.78. The number of benzene rings is 2. The van der Waals surface area contributed by atoms with Gasteiger partial charge in [-0.2, -0.15) is 0 Å². The minimum absolute atomic E-state index is 0.104. The van der Waals surface area contributed by atoms with E-state index in [2.05, 4.69) is 15.5 Å². The quantitative estimate of drug-likeness (QED) is 0.561. The van der Waals surface area contributed by atoms with E-state index in [4.69, 9.17) is 4.74 Å². The van der Waals surface area contributed by atoms with E-state index in [-0.39, 0.29) is 21.2 Å². The monoisotopic (exact) mass is 445 g/mol. The van der Waals surface area contributed by atoms with Crippen molar-refractivity contribution in [1.82, 2.24) is 15.5 Å². The van der Waals surface area contributed by atoms with Gasteiger partial charge in [-0.25, -0.2) is 8.42 Å². The Kier molecular flexibility index (Phi) is 6.84. The number of aryl methyl sites for hydroxylation is 1. The van der Waals surface area contributed by atoms with Crippen LogP contribution in [0.4, 0.5) is 0 Å². The molecule has 158 valence electrons. The predicted octanol–water partition coefficient (Wildman–Crippen LogP) is 4.06. The van der Waals surface area contributed by atoms with E-state index in [9.17, 15) is 13.2 Å². The summed E-state index contributed by atoms with van der Waals surface area (Å²) in [6.45, 7) is 6.46. The lowest BCUT2D eigenvalue weighted by molar-refractivity contribution is 0.0953. The molecule has 1 amide bonds. The zero-order valence-corrected chi connectivity index (χ0v) is 18.6. The highest BCUT2D eigenvalue weighted by Crippen LogP contribution is 2.31. The molecule has 1 heterocycles. The molecule has 0 fully saturated rings. The number of nitrogens with one attached hydrogen (secondary N) is 1. The van der Waals surface area contributed by atoms with Crippen LogP contribution in [0.25, 0.3) is 0 Å². The Morgan fingerprint density at radius 2 is 1.83 bits per heavy atom. The average molecular weight is 446 g/mol. The second-order valence-corrected chi connectivity index (χ2v) is 9.95. The summed E-state index contributed by atoms with van der Waals surface area (Å²) in [4.78, 5) is 12.0. The van der Waals surface area contributed by atoms with Crippen LogP contribution < -0.4 is 10.1 Å². The molecule has 0 spiro atoms. The number of amides is 1. The predicted molar refractivity (Wildman–Crippen MR) is 116 cm³/mol. The standard InChI is InChI=1S/C21H23N3O4S2/c1-4-12-22-19(25)17-10-8-16(9-11-17)13-30(26,27)21-24-23-20(29-21)28-18-7-5-6-14(2)15(18)3/h5-11H,4,12-13H2,1-3H3,(H,22,25). The molecule has 0 saturated heterocycles. The van der Waals surface area contributed by atoms with Gasteiger partial charge in [-0.1, -0.05) is 36.3 Å². The van der Waals surface area contributed by atoms with E-state index in [0.717, 1.165) is 28.9 Å². The van der Waals surface area contributed by atoms with Crippen LogP contribution in [0, 0.1) is 13.8 Å². The van der Waals surface area contributed by atoms with Crippen LogP contribution in [-0.4, -0.2) is 31.1 Å². The number of carbonyl (C=O) groups excluding carboxylic acids is 1. The van der Waals surface area contributed by atoms with Crippen molar-refractivity contribution in [3.8, 4) is 10.9 Å². The zero-order chi connectivity index (χ0) is 21.7. The molecular weight excluding hydrogens is 422 g/mol. The number of aromatic nitrogens is 2. The van der Waals surface area contributed by atoms with E-state index in [1.807, 2.05) is 32.9 Å². The van der Waals surface area contributed by atoms with E-state index in [1.165, 1.54) is 0 Å². The first-order chi connectivity index (χ1) is 14.3. The minimum atomic E-state index is -3.69. The molecule has 9 heteroatoms. The number of hydrogen-bond acceptors (Lipinski definition) is 7. The van der Waals surface area contributed by atoms with Gasteiger partial charge in [0.25, 0.3) is 5.91 Å². The molecular formula is C21H23N3O4S2.